The molecule has 84 valence electrons. The summed E-state index contributed by atoms with van der Waals surface area (Å²) in [4.78, 5) is 12.0. The second kappa shape index (κ2) is 4.73. The number of fused-ring (bicyclic) bond motifs is 2. The number of hydrogen-bond donors (Lipinski definition) is 0. The Morgan fingerprint density at radius 1 is 1.27 bits per heavy atom. The molecule has 2 unspecified atom stereocenters. The molecule has 0 saturated carbocycles. The molecule has 0 aromatic rings. The average Bonchev–Trinajstić information content (AvgIpc) is 2.54. The second-order valence-electron chi connectivity index (χ2n) is 5.08. The Morgan fingerprint density at radius 2 is 1.87 bits per heavy atom. The zero-order valence-corrected chi connectivity index (χ0v) is 10.5. The third-order valence-corrected chi connectivity index (χ3v) is 5.08. The van der Waals surface area contributed by atoms with E-state index in [4.69, 9.17) is 0 Å². The predicted octanol–water partition coefficient (Wildman–Crippen LogP) is 3.59. The van der Waals surface area contributed by atoms with Crippen molar-refractivity contribution in [3.8, 4) is 0 Å². The zero-order valence-electron chi connectivity index (χ0n) is 9.66. The van der Waals surface area contributed by atoms with Crippen molar-refractivity contribution in [2.75, 3.05) is 0 Å². The van der Waals surface area contributed by atoms with Crippen molar-refractivity contribution in [3.05, 3.63) is 11.6 Å². The molecule has 2 rings (SSSR count). The van der Waals surface area contributed by atoms with Crippen LogP contribution in [-0.2, 0) is 4.79 Å². The largest absolute Gasteiger partial charge is 0.299 e. The smallest absolute Gasteiger partial charge is 0.139 e. The van der Waals surface area contributed by atoms with Crippen LogP contribution in [0.5, 0.6) is 0 Å². The number of thioether (sulfide) groups is 1. The number of allylic oxidation sites excluding steroid dienone is 2. The highest BCUT2D eigenvalue weighted by Crippen LogP contribution is 2.46. The van der Waals surface area contributed by atoms with E-state index in [1.807, 2.05) is 0 Å². The lowest BCUT2D eigenvalue weighted by molar-refractivity contribution is -0.122. The summed E-state index contributed by atoms with van der Waals surface area (Å²) in [5, 5.41) is 1.59. The van der Waals surface area contributed by atoms with Crippen molar-refractivity contribution >= 4 is 17.5 Å². The van der Waals surface area contributed by atoms with Crippen molar-refractivity contribution in [1.82, 2.24) is 0 Å². The fourth-order valence-electron chi connectivity index (χ4n) is 2.59. The molecule has 2 atom stereocenters. The first-order chi connectivity index (χ1) is 7.15. The van der Waals surface area contributed by atoms with E-state index in [2.05, 4.69) is 31.7 Å². The van der Waals surface area contributed by atoms with Crippen molar-refractivity contribution in [1.29, 1.82) is 0 Å². The molecule has 2 heteroatoms. The Bertz CT molecular complexity index is 266. The van der Waals surface area contributed by atoms with E-state index in [0.717, 1.165) is 23.3 Å². The van der Waals surface area contributed by atoms with Gasteiger partial charge in [-0.2, -0.15) is 11.8 Å². The Hall–Kier alpha value is -0.240. The molecule has 0 N–H and O–H groups in total. The first-order valence-electron chi connectivity index (χ1n) is 5.96. The molecular weight excluding hydrogens is 204 g/mol. The molecule has 0 aliphatic carbocycles. The number of rotatable bonds is 3. The van der Waals surface area contributed by atoms with Crippen LogP contribution in [0.4, 0.5) is 0 Å². The lowest BCUT2D eigenvalue weighted by Crippen LogP contribution is -2.24. The summed E-state index contributed by atoms with van der Waals surface area (Å²) >= 11 is 2.13. The summed E-state index contributed by atoms with van der Waals surface area (Å²) in [5.74, 6) is 0.854. The van der Waals surface area contributed by atoms with Gasteiger partial charge in [-0.25, -0.2) is 0 Å². The van der Waals surface area contributed by atoms with Gasteiger partial charge in [0.2, 0.25) is 0 Å². The highest BCUT2D eigenvalue weighted by Gasteiger charge is 2.36. The van der Waals surface area contributed by atoms with Gasteiger partial charge in [0.15, 0.2) is 0 Å². The molecule has 2 aliphatic heterocycles. The number of Topliss-reactive ketones (excluding diaryl/α,β-unsaturated/α-hetero) is 1. The fourth-order valence-corrected chi connectivity index (χ4v) is 4.37. The third kappa shape index (κ3) is 2.87. The maximum Gasteiger partial charge on any atom is 0.139 e. The van der Waals surface area contributed by atoms with Crippen molar-refractivity contribution in [2.24, 2.45) is 5.92 Å². The zero-order chi connectivity index (χ0) is 10.8. The minimum Gasteiger partial charge on any atom is -0.299 e. The standard InChI is InChI=1S/C13H20OS/c1-9(2)3-6-13(14)10-7-11-4-5-12(8-10)15-11/h3,10-12H,4-8H2,1-2H3. The molecule has 0 spiro atoms. The SMILES string of the molecule is CC(C)=CCC(=O)C1CC2CCC(C1)S2. The molecule has 0 aromatic carbocycles. The monoisotopic (exact) mass is 224 g/mol. The minimum atomic E-state index is 0.374. The highest BCUT2D eigenvalue weighted by molar-refractivity contribution is 8.00. The molecule has 15 heavy (non-hydrogen) atoms. The van der Waals surface area contributed by atoms with Gasteiger partial charge in [0.25, 0.3) is 0 Å². The van der Waals surface area contributed by atoms with Crippen LogP contribution >= 0.6 is 11.8 Å². The van der Waals surface area contributed by atoms with Crippen LogP contribution < -0.4 is 0 Å². The minimum absolute atomic E-state index is 0.374. The van der Waals surface area contributed by atoms with Crippen molar-refractivity contribution < 1.29 is 4.79 Å². The predicted molar refractivity (Wildman–Crippen MR) is 66.2 cm³/mol. The summed E-state index contributed by atoms with van der Waals surface area (Å²) in [7, 11) is 0. The molecule has 2 aliphatic rings. The summed E-state index contributed by atoms with van der Waals surface area (Å²) in [6.45, 7) is 4.13. The van der Waals surface area contributed by atoms with Crippen LogP contribution in [0.15, 0.2) is 11.6 Å². The van der Waals surface area contributed by atoms with Crippen LogP contribution in [0, 0.1) is 5.92 Å². The van der Waals surface area contributed by atoms with Gasteiger partial charge in [-0.3, -0.25) is 4.79 Å². The van der Waals surface area contributed by atoms with E-state index in [-0.39, 0.29) is 0 Å². The molecule has 0 radical (unpaired) electrons. The fraction of sp³-hybridized carbons (Fsp3) is 0.769. The molecule has 2 bridgehead atoms. The van der Waals surface area contributed by atoms with Crippen LogP contribution in [0.25, 0.3) is 0 Å². The lowest BCUT2D eigenvalue weighted by atomic mass is 9.92. The quantitative estimate of drug-likeness (QED) is 0.682. The van der Waals surface area contributed by atoms with Gasteiger partial charge in [0.05, 0.1) is 0 Å². The van der Waals surface area contributed by atoms with Crippen molar-refractivity contribution in [3.63, 3.8) is 0 Å². The normalized spacial score (nSPS) is 33.9. The van der Waals surface area contributed by atoms with Gasteiger partial charge < -0.3 is 0 Å². The topological polar surface area (TPSA) is 17.1 Å². The highest BCUT2D eigenvalue weighted by atomic mass is 32.2. The van der Waals surface area contributed by atoms with Crippen molar-refractivity contribution in [2.45, 2.75) is 56.5 Å². The third-order valence-electron chi connectivity index (χ3n) is 3.46. The Labute approximate surface area is 96.7 Å². The Morgan fingerprint density at radius 3 is 2.40 bits per heavy atom. The molecular formula is C13H20OS. The number of carbonyl (C=O) groups excluding carboxylic acids is 1. The van der Waals surface area contributed by atoms with E-state index < -0.39 is 0 Å². The van der Waals surface area contributed by atoms with Crippen LogP contribution in [0.2, 0.25) is 0 Å². The van der Waals surface area contributed by atoms with E-state index in [0.29, 0.717) is 18.1 Å². The molecule has 2 heterocycles. The van der Waals surface area contributed by atoms with Gasteiger partial charge >= 0.3 is 0 Å². The number of carbonyl (C=O) groups is 1. The molecule has 0 aromatic heterocycles. The van der Waals surface area contributed by atoms with E-state index in [9.17, 15) is 4.79 Å². The second-order valence-corrected chi connectivity index (χ2v) is 6.68. The van der Waals surface area contributed by atoms with Crippen LogP contribution in [-0.4, -0.2) is 16.3 Å². The van der Waals surface area contributed by atoms with E-state index in [1.54, 1.807) is 0 Å². The maximum absolute atomic E-state index is 12.0. The van der Waals surface area contributed by atoms with Gasteiger partial charge in [0, 0.05) is 22.8 Å². The molecule has 1 nitrogen and oxygen atoms in total. The van der Waals surface area contributed by atoms with Crippen LogP contribution in [0.3, 0.4) is 0 Å². The first kappa shape index (κ1) is 11.3. The first-order valence-corrected chi connectivity index (χ1v) is 6.91. The molecule has 2 saturated heterocycles. The number of ketones is 1. The molecule has 2 fully saturated rings. The Kier molecular flexibility index (Phi) is 3.55. The van der Waals surface area contributed by atoms with Gasteiger partial charge in [-0.05, 0) is 39.5 Å². The molecule has 0 amide bonds. The summed E-state index contributed by atoms with van der Waals surface area (Å²) in [6, 6.07) is 0. The van der Waals surface area contributed by atoms with Crippen LogP contribution in [0.1, 0.15) is 46.0 Å². The van der Waals surface area contributed by atoms with Gasteiger partial charge in [-0.15, -0.1) is 0 Å². The van der Waals surface area contributed by atoms with E-state index in [1.165, 1.54) is 18.4 Å². The lowest BCUT2D eigenvalue weighted by Gasteiger charge is -2.25. The summed E-state index contributed by atoms with van der Waals surface area (Å²) in [5.41, 5.74) is 1.26. The maximum atomic E-state index is 12.0. The van der Waals surface area contributed by atoms with E-state index >= 15 is 0 Å². The average molecular weight is 224 g/mol. The summed E-state index contributed by atoms with van der Waals surface area (Å²) in [6.07, 6.45) is 7.74. The Balaban J connectivity index is 1.88. The summed E-state index contributed by atoms with van der Waals surface area (Å²) < 4.78 is 0. The van der Waals surface area contributed by atoms with Gasteiger partial charge in [0.1, 0.15) is 5.78 Å². The van der Waals surface area contributed by atoms with Gasteiger partial charge in [-0.1, -0.05) is 11.6 Å². The number of hydrogen-bond acceptors (Lipinski definition) is 2.